The second-order valence-electron chi connectivity index (χ2n) is 6.77. The number of aliphatic hydroxyl groups is 5. The van der Waals surface area contributed by atoms with Crippen molar-refractivity contribution in [3.63, 3.8) is 0 Å². The van der Waals surface area contributed by atoms with E-state index >= 15 is 0 Å². The first-order chi connectivity index (χ1) is 13.0. The molecule has 6 atom stereocenters. The van der Waals surface area contributed by atoms with Crippen molar-refractivity contribution < 1.29 is 30.3 Å². The van der Waals surface area contributed by atoms with Crippen molar-refractivity contribution in [3.05, 3.63) is 12.7 Å². The molecule has 1 saturated heterocycles. The Hall–Kier alpha value is -1.89. The van der Waals surface area contributed by atoms with Crippen molar-refractivity contribution in [2.24, 2.45) is 5.92 Å². The Bertz CT molecular complexity index is 756. The van der Waals surface area contributed by atoms with Crippen molar-refractivity contribution in [1.82, 2.24) is 19.5 Å². The van der Waals surface area contributed by atoms with E-state index < -0.39 is 37.3 Å². The maximum absolute atomic E-state index is 10.4. The van der Waals surface area contributed by atoms with Crippen molar-refractivity contribution in [2.45, 2.75) is 44.0 Å². The second kappa shape index (κ2) is 8.42. The lowest BCUT2D eigenvalue weighted by molar-refractivity contribution is -0.250. The highest BCUT2D eigenvalue weighted by atomic mass is 16.6. The maximum atomic E-state index is 10.4. The van der Waals surface area contributed by atoms with Crippen LogP contribution in [0.1, 0.15) is 19.6 Å². The normalized spacial score (nSPS) is 29.8. The SMILES string of the molecule is CC(CO)CCNc1ncnc2ncn([C@@H]3O[C@H](CO)[C@@H](O)[C@H](O)[C@H]3O)c12. The van der Waals surface area contributed by atoms with Gasteiger partial charge in [0.15, 0.2) is 17.7 Å². The Balaban J connectivity index is 1.90. The molecule has 0 aliphatic carbocycles. The first-order valence-electron chi connectivity index (χ1n) is 8.80. The molecule has 0 aromatic carbocycles. The van der Waals surface area contributed by atoms with E-state index in [0.29, 0.717) is 23.5 Å². The molecule has 27 heavy (non-hydrogen) atoms. The van der Waals surface area contributed by atoms with Crippen molar-refractivity contribution >= 4 is 17.0 Å². The van der Waals surface area contributed by atoms with Gasteiger partial charge in [-0.05, 0) is 12.3 Å². The Morgan fingerprint density at radius 3 is 2.63 bits per heavy atom. The lowest BCUT2D eigenvalue weighted by Crippen LogP contribution is -2.56. The van der Waals surface area contributed by atoms with E-state index in [1.165, 1.54) is 17.2 Å². The van der Waals surface area contributed by atoms with Crippen LogP contribution in [0.4, 0.5) is 5.82 Å². The third-order valence-corrected chi connectivity index (χ3v) is 4.75. The zero-order valence-electron chi connectivity index (χ0n) is 14.9. The summed E-state index contributed by atoms with van der Waals surface area (Å²) in [6, 6.07) is 0. The highest BCUT2D eigenvalue weighted by Gasteiger charge is 2.44. The van der Waals surface area contributed by atoms with Crippen LogP contribution in [-0.2, 0) is 4.74 Å². The minimum Gasteiger partial charge on any atom is -0.396 e. The van der Waals surface area contributed by atoms with Crippen LogP contribution in [0.2, 0.25) is 0 Å². The van der Waals surface area contributed by atoms with Crippen LogP contribution in [0.3, 0.4) is 0 Å². The lowest BCUT2D eigenvalue weighted by atomic mass is 9.98. The lowest BCUT2D eigenvalue weighted by Gasteiger charge is -2.40. The molecule has 2 aromatic heterocycles. The van der Waals surface area contributed by atoms with Gasteiger partial charge in [0, 0.05) is 13.2 Å². The number of anilines is 1. The van der Waals surface area contributed by atoms with Gasteiger partial charge in [0.05, 0.1) is 6.61 Å². The molecule has 0 saturated carbocycles. The number of aromatic nitrogens is 4. The Morgan fingerprint density at radius 1 is 1.15 bits per heavy atom. The molecule has 0 radical (unpaired) electrons. The summed E-state index contributed by atoms with van der Waals surface area (Å²) >= 11 is 0. The van der Waals surface area contributed by atoms with Crippen LogP contribution in [0.25, 0.3) is 11.2 Å². The standard InChI is InChI=1S/C16H25N5O6/c1-8(4-22)2-3-17-14-10-15(19-6-18-14)20-7-21(10)16-13(26)12(25)11(24)9(5-23)27-16/h6-9,11-13,16,22-26H,2-5H2,1H3,(H,17,18,19)/t8?,9-,11-,12+,13-,16-/m1/s1. The van der Waals surface area contributed by atoms with E-state index in [1.54, 1.807) is 0 Å². The summed E-state index contributed by atoms with van der Waals surface area (Å²) < 4.78 is 7.06. The Kier molecular flexibility index (Phi) is 6.19. The van der Waals surface area contributed by atoms with Crippen LogP contribution < -0.4 is 5.32 Å². The fourth-order valence-corrected chi connectivity index (χ4v) is 3.04. The summed E-state index contributed by atoms with van der Waals surface area (Å²) in [6.45, 7) is 2.04. The third-order valence-electron chi connectivity index (χ3n) is 4.75. The molecular weight excluding hydrogens is 358 g/mol. The van der Waals surface area contributed by atoms with Gasteiger partial charge in [-0.3, -0.25) is 4.57 Å². The molecule has 1 fully saturated rings. The quantitative estimate of drug-likeness (QED) is 0.322. The van der Waals surface area contributed by atoms with E-state index in [1.807, 2.05) is 6.92 Å². The maximum Gasteiger partial charge on any atom is 0.183 e. The summed E-state index contributed by atoms with van der Waals surface area (Å²) in [4.78, 5) is 12.5. The van der Waals surface area contributed by atoms with Gasteiger partial charge in [0.1, 0.15) is 42.6 Å². The first kappa shape index (κ1) is 19.9. The molecule has 2 aromatic rings. The van der Waals surface area contributed by atoms with Crippen molar-refractivity contribution in [2.75, 3.05) is 25.1 Å². The highest BCUT2D eigenvalue weighted by molar-refractivity contribution is 5.83. The summed E-state index contributed by atoms with van der Waals surface area (Å²) in [5.41, 5.74) is 0.818. The van der Waals surface area contributed by atoms with Crippen molar-refractivity contribution in [3.8, 4) is 0 Å². The number of hydrogen-bond acceptors (Lipinski definition) is 10. The average molecular weight is 383 g/mol. The minimum atomic E-state index is -1.50. The molecule has 150 valence electrons. The first-order valence-corrected chi connectivity index (χ1v) is 8.80. The number of nitrogens with zero attached hydrogens (tertiary/aromatic N) is 4. The van der Waals surface area contributed by atoms with Gasteiger partial charge in [0.2, 0.25) is 0 Å². The zero-order valence-corrected chi connectivity index (χ0v) is 14.9. The van der Waals surface area contributed by atoms with Crippen LogP contribution in [0.15, 0.2) is 12.7 Å². The predicted octanol–water partition coefficient (Wildman–Crippen LogP) is -1.77. The average Bonchev–Trinajstić information content (AvgIpc) is 3.11. The van der Waals surface area contributed by atoms with E-state index in [0.717, 1.165) is 6.42 Å². The molecule has 0 amide bonds. The van der Waals surface area contributed by atoms with Crippen LogP contribution in [0.5, 0.6) is 0 Å². The van der Waals surface area contributed by atoms with E-state index in [2.05, 4.69) is 20.3 Å². The molecular formula is C16H25N5O6. The van der Waals surface area contributed by atoms with Gasteiger partial charge in [-0.25, -0.2) is 15.0 Å². The fourth-order valence-electron chi connectivity index (χ4n) is 3.04. The fraction of sp³-hybridized carbons (Fsp3) is 0.688. The van der Waals surface area contributed by atoms with Gasteiger partial charge < -0.3 is 35.6 Å². The van der Waals surface area contributed by atoms with Crippen LogP contribution in [-0.4, -0.2) is 89.2 Å². The number of aliphatic hydroxyl groups excluding tert-OH is 5. The smallest absolute Gasteiger partial charge is 0.183 e. The van der Waals surface area contributed by atoms with E-state index in [9.17, 15) is 20.4 Å². The monoisotopic (exact) mass is 383 g/mol. The number of imidazole rings is 1. The zero-order chi connectivity index (χ0) is 19.6. The van der Waals surface area contributed by atoms with Gasteiger partial charge in [-0.1, -0.05) is 6.92 Å². The molecule has 1 unspecified atom stereocenters. The highest BCUT2D eigenvalue weighted by Crippen LogP contribution is 2.32. The number of ether oxygens (including phenoxy) is 1. The number of fused-ring (bicyclic) bond motifs is 1. The van der Waals surface area contributed by atoms with Gasteiger partial charge in [-0.15, -0.1) is 0 Å². The summed E-state index contributed by atoms with van der Waals surface area (Å²) in [7, 11) is 0. The molecule has 1 aliphatic heterocycles. The number of rotatable bonds is 7. The summed E-state index contributed by atoms with van der Waals surface area (Å²) in [5, 5.41) is 52.0. The Morgan fingerprint density at radius 2 is 1.93 bits per heavy atom. The van der Waals surface area contributed by atoms with Crippen molar-refractivity contribution in [1.29, 1.82) is 0 Å². The van der Waals surface area contributed by atoms with Gasteiger partial charge in [0.25, 0.3) is 0 Å². The van der Waals surface area contributed by atoms with Gasteiger partial charge in [-0.2, -0.15) is 0 Å². The molecule has 0 spiro atoms. The molecule has 1 aliphatic rings. The largest absolute Gasteiger partial charge is 0.396 e. The molecule has 11 heteroatoms. The van der Waals surface area contributed by atoms with E-state index in [-0.39, 0.29) is 12.5 Å². The molecule has 3 rings (SSSR count). The van der Waals surface area contributed by atoms with Crippen LogP contribution >= 0.6 is 0 Å². The summed E-state index contributed by atoms with van der Waals surface area (Å²) in [6.07, 6.45) is -3.03. The summed E-state index contributed by atoms with van der Waals surface area (Å²) in [5.74, 6) is 0.588. The molecule has 0 bridgehead atoms. The molecule has 11 nitrogen and oxygen atoms in total. The van der Waals surface area contributed by atoms with Crippen LogP contribution in [0, 0.1) is 5.92 Å². The third kappa shape index (κ3) is 3.88. The predicted molar refractivity (Wildman–Crippen MR) is 93.7 cm³/mol. The molecule has 3 heterocycles. The Labute approximate surface area is 155 Å². The number of nitrogens with one attached hydrogen (secondary N) is 1. The van der Waals surface area contributed by atoms with E-state index in [4.69, 9.17) is 9.84 Å². The minimum absolute atomic E-state index is 0.0870. The van der Waals surface area contributed by atoms with Gasteiger partial charge >= 0.3 is 0 Å². The second-order valence-corrected chi connectivity index (χ2v) is 6.77. The molecule has 6 N–H and O–H groups in total. The number of hydrogen-bond donors (Lipinski definition) is 6. The topological polar surface area (TPSA) is 166 Å².